The second kappa shape index (κ2) is 25.7. The highest BCUT2D eigenvalue weighted by Crippen LogP contribution is 2.33. The molecule has 75 heavy (non-hydrogen) atoms. The lowest BCUT2D eigenvalue weighted by molar-refractivity contribution is -0.144. The molecule has 0 aliphatic carbocycles. The SMILES string of the molecule is CCn1cnnc1-c1cccc(N2Cc3c(cc(N(C)C(C)C)nc3CNCCNC(=O)CCCCCCCCC(=O)N[C@H](C(=O)N3C[C@H](O)C[C@H]3C(=O)NCc3ccc(-c4scnc4C)cc3)C(C)(C)C)C2=O)n1. The van der Waals surface area contributed by atoms with Gasteiger partial charge in [0.2, 0.25) is 23.6 Å². The zero-order valence-electron chi connectivity index (χ0n) is 44.8. The molecular formula is C55H75N13O6S. The molecule has 0 bridgehead atoms. The van der Waals surface area contributed by atoms with Crippen LogP contribution >= 0.6 is 11.3 Å². The summed E-state index contributed by atoms with van der Waals surface area (Å²) in [4.78, 5) is 87.8. The Morgan fingerprint density at radius 2 is 1.64 bits per heavy atom. The molecule has 1 saturated heterocycles. The number of unbranched alkanes of at least 4 members (excludes halogenated alkanes) is 5. The van der Waals surface area contributed by atoms with E-state index in [4.69, 9.17) is 9.97 Å². The summed E-state index contributed by atoms with van der Waals surface area (Å²) in [6, 6.07) is 13.8. The molecule has 5 aromatic rings. The molecular weight excluding hydrogens is 971 g/mol. The van der Waals surface area contributed by atoms with E-state index >= 15 is 0 Å². The number of hydrogen-bond donors (Lipinski definition) is 5. The highest BCUT2D eigenvalue weighted by molar-refractivity contribution is 7.13. The van der Waals surface area contributed by atoms with Gasteiger partial charge in [-0.05, 0) is 75.3 Å². The van der Waals surface area contributed by atoms with Crippen molar-refractivity contribution < 1.29 is 29.1 Å². The van der Waals surface area contributed by atoms with Gasteiger partial charge in [0.1, 0.15) is 35.7 Å². The molecule has 0 saturated carbocycles. The van der Waals surface area contributed by atoms with Crippen molar-refractivity contribution in [2.75, 3.05) is 36.5 Å². The van der Waals surface area contributed by atoms with E-state index in [1.807, 2.05) is 105 Å². The van der Waals surface area contributed by atoms with Crippen LogP contribution in [-0.2, 0) is 45.4 Å². The molecule has 2 aliphatic rings. The predicted molar refractivity (Wildman–Crippen MR) is 291 cm³/mol. The Kier molecular flexibility index (Phi) is 19.2. The Hall–Kier alpha value is -6.64. The fourth-order valence-corrected chi connectivity index (χ4v) is 10.2. The van der Waals surface area contributed by atoms with E-state index < -0.39 is 23.6 Å². The van der Waals surface area contributed by atoms with Gasteiger partial charge in [-0.3, -0.25) is 28.9 Å². The normalized spacial score (nSPS) is 15.8. The molecule has 0 radical (unpaired) electrons. The van der Waals surface area contributed by atoms with E-state index in [9.17, 15) is 29.1 Å². The van der Waals surface area contributed by atoms with Crippen LogP contribution in [0, 0.1) is 12.3 Å². The summed E-state index contributed by atoms with van der Waals surface area (Å²) < 4.78 is 1.91. The number of nitrogens with zero attached hydrogens (tertiary/aromatic N) is 9. The van der Waals surface area contributed by atoms with Gasteiger partial charge in [-0.2, -0.15) is 0 Å². The Bertz CT molecular complexity index is 2770. The van der Waals surface area contributed by atoms with Crippen LogP contribution < -0.4 is 31.1 Å². The number of hydrogen-bond acceptors (Lipinski definition) is 14. The number of aliphatic hydroxyl groups is 1. The van der Waals surface area contributed by atoms with E-state index in [-0.39, 0.29) is 61.5 Å². The van der Waals surface area contributed by atoms with Crippen molar-refractivity contribution in [2.24, 2.45) is 5.41 Å². The van der Waals surface area contributed by atoms with Gasteiger partial charge in [0.25, 0.3) is 5.91 Å². The number of rotatable bonds is 25. The number of aromatic nitrogens is 6. The van der Waals surface area contributed by atoms with Crippen LogP contribution in [-0.4, -0.2) is 120 Å². The number of amides is 5. The molecule has 2 aliphatic heterocycles. The number of aryl methyl sites for hydroxylation is 2. The number of anilines is 2. The van der Waals surface area contributed by atoms with Crippen molar-refractivity contribution in [3.8, 4) is 22.0 Å². The number of carbonyl (C=O) groups excluding carboxylic acids is 5. The first-order chi connectivity index (χ1) is 35.9. The summed E-state index contributed by atoms with van der Waals surface area (Å²) in [7, 11) is 1.96. The van der Waals surface area contributed by atoms with Crippen molar-refractivity contribution in [1.82, 2.24) is 55.9 Å². The first-order valence-electron chi connectivity index (χ1n) is 26.4. The second-order valence-electron chi connectivity index (χ2n) is 21.0. The van der Waals surface area contributed by atoms with Crippen LogP contribution in [0.3, 0.4) is 0 Å². The smallest absolute Gasteiger partial charge is 0.260 e. The third-order valence-electron chi connectivity index (χ3n) is 14.0. The minimum Gasteiger partial charge on any atom is -0.391 e. The molecule has 6 heterocycles. The number of β-amino-alcohol motifs (C(OH)–C–C–N with tert-alkyl or cyclic N) is 1. The molecule has 1 fully saturated rings. The van der Waals surface area contributed by atoms with Crippen molar-refractivity contribution in [3.05, 3.63) is 88.4 Å². The fourth-order valence-electron chi connectivity index (χ4n) is 9.39. The molecule has 7 rings (SSSR count). The Balaban J connectivity index is 0.787. The van der Waals surface area contributed by atoms with Crippen molar-refractivity contribution in [2.45, 2.75) is 157 Å². The molecule has 402 valence electrons. The lowest BCUT2D eigenvalue weighted by Crippen LogP contribution is -2.57. The number of fused-ring (bicyclic) bond motifs is 1. The number of nitrogens with one attached hydrogen (secondary N) is 4. The average molecular weight is 1050 g/mol. The molecule has 4 aromatic heterocycles. The standard InChI is InChI=1S/C55H75N13O6S/c1-9-66-33-60-64-51(66)42-17-16-18-45(61-42)68-32-41-40(53(68)73)28-46(65(8)35(2)3)62-43(41)30-56-25-26-57-47(70)19-14-12-10-11-13-15-20-48(71)63-50(55(5,6)7)54(74)67-31-39(69)27-44(67)52(72)58-29-37-21-23-38(24-22-37)49-36(4)59-34-75-49/h16-18,21-24,28,33-35,39,44,50,56,69H,9-15,19-20,25-27,29-32H2,1-8H3,(H,57,70)(H,58,72)(H,63,71)/t39-,44+,50-/m1/s1. The van der Waals surface area contributed by atoms with Gasteiger partial charge in [-0.15, -0.1) is 21.5 Å². The van der Waals surface area contributed by atoms with Crippen LogP contribution in [0.1, 0.15) is 132 Å². The Labute approximate surface area is 444 Å². The van der Waals surface area contributed by atoms with E-state index in [0.29, 0.717) is 74.3 Å². The quantitative estimate of drug-likeness (QED) is 0.0403. The van der Waals surface area contributed by atoms with Crippen LogP contribution in [0.4, 0.5) is 11.6 Å². The summed E-state index contributed by atoms with van der Waals surface area (Å²) in [5.41, 5.74) is 6.96. The maximum absolute atomic E-state index is 14.1. The maximum Gasteiger partial charge on any atom is 0.260 e. The number of benzene rings is 1. The summed E-state index contributed by atoms with van der Waals surface area (Å²) in [5, 5.41) is 31.2. The molecule has 5 amide bonds. The first-order valence-corrected chi connectivity index (χ1v) is 27.3. The lowest BCUT2D eigenvalue weighted by Gasteiger charge is -2.35. The van der Waals surface area contributed by atoms with E-state index in [1.165, 1.54) is 4.90 Å². The number of pyridine rings is 2. The maximum atomic E-state index is 14.1. The van der Waals surface area contributed by atoms with Gasteiger partial charge < -0.3 is 40.7 Å². The van der Waals surface area contributed by atoms with E-state index in [1.54, 1.807) is 22.6 Å². The Morgan fingerprint density at radius 1 is 0.920 bits per heavy atom. The second-order valence-corrected chi connectivity index (χ2v) is 21.8. The van der Waals surface area contributed by atoms with Gasteiger partial charge in [-0.25, -0.2) is 15.0 Å². The van der Waals surface area contributed by atoms with Crippen LogP contribution in [0.2, 0.25) is 0 Å². The summed E-state index contributed by atoms with van der Waals surface area (Å²) >= 11 is 1.58. The zero-order chi connectivity index (χ0) is 53.8. The lowest BCUT2D eigenvalue weighted by atomic mass is 9.85. The average Bonchev–Trinajstić information content (AvgIpc) is 4.21. The van der Waals surface area contributed by atoms with Crippen molar-refractivity contribution in [1.29, 1.82) is 0 Å². The third kappa shape index (κ3) is 14.4. The first kappa shape index (κ1) is 56.1. The van der Waals surface area contributed by atoms with Crippen molar-refractivity contribution in [3.63, 3.8) is 0 Å². The van der Waals surface area contributed by atoms with E-state index in [2.05, 4.69) is 50.3 Å². The fraction of sp³-hybridized carbons (Fsp3) is 0.527. The van der Waals surface area contributed by atoms with Crippen molar-refractivity contribution >= 4 is 52.5 Å². The number of aliphatic hydroxyl groups excluding tert-OH is 1. The molecule has 3 atom stereocenters. The van der Waals surface area contributed by atoms with E-state index in [0.717, 1.165) is 65.1 Å². The third-order valence-corrected chi connectivity index (χ3v) is 15.0. The molecule has 20 heteroatoms. The molecule has 1 aromatic carbocycles. The van der Waals surface area contributed by atoms with Gasteiger partial charge >= 0.3 is 0 Å². The summed E-state index contributed by atoms with van der Waals surface area (Å²) in [5.74, 6) is 0.764. The number of thiazole rings is 1. The molecule has 5 N–H and O–H groups in total. The van der Waals surface area contributed by atoms with Crippen LogP contribution in [0.25, 0.3) is 22.0 Å². The summed E-state index contributed by atoms with van der Waals surface area (Å²) in [6.45, 7) is 16.5. The monoisotopic (exact) mass is 1050 g/mol. The predicted octanol–water partition coefficient (Wildman–Crippen LogP) is 6.33. The van der Waals surface area contributed by atoms with Gasteiger partial charge in [0, 0.05) is 77.2 Å². The number of carbonyl (C=O) groups is 5. The topological polar surface area (TPSA) is 233 Å². The van der Waals surface area contributed by atoms with Gasteiger partial charge in [0.05, 0.1) is 40.0 Å². The minimum atomic E-state index is -0.880. The molecule has 0 unspecified atom stereocenters. The number of likely N-dealkylation sites (tertiary alicyclic amines) is 1. The molecule has 0 spiro atoms. The zero-order valence-corrected chi connectivity index (χ0v) is 45.6. The summed E-state index contributed by atoms with van der Waals surface area (Å²) in [6.07, 6.45) is 6.61. The van der Waals surface area contributed by atoms with Gasteiger partial charge in [-0.1, -0.05) is 76.8 Å². The largest absolute Gasteiger partial charge is 0.391 e. The van der Waals surface area contributed by atoms with Crippen LogP contribution in [0.5, 0.6) is 0 Å². The van der Waals surface area contributed by atoms with Crippen LogP contribution in [0.15, 0.2) is 60.4 Å². The molecule has 19 nitrogen and oxygen atoms in total. The highest BCUT2D eigenvalue weighted by Gasteiger charge is 2.44. The van der Waals surface area contributed by atoms with Gasteiger partial charge in [0.15, 0.2) is 5.82 Å². The Morgan fingerprint density at radius 3 is 2.32 bits per heavy atom. The highest BCUT2D eigenvalue weighted by atomic mass is 32.1. The minimum absolute atomic E-state index is 0.0105.